The van der Waals surface area contributed by atoms with Crippen molar-refractivity contribution in [2.45, 2.75) is 37.9 Å². The SMILES string of the molecule is COc1cc2c(cc1O)OCC[C@H]1Oc3c(ccc4c3C=CC(C)(C)O4)C(=O)[C@@H]21. The first-order valence-electron chi connectivity index (χ1n) is 9.68. The van der Waals surface area contributed by atoms with Crippen molar-refractivity contribution in [3.05, 3.63) is 47.0 Å². The molecule has 0 fully saturated rings. The monoisotopic (exact) mass is 394 g/mol. The number of phenols is 1. The molecule has 0 radical (unpaired) electrons. The highest BCUT2D eigenvalue weighted by molar-refractivity contribution is 6.06. The van der Waals surface area contributed by atoms with E-state index < -0.39 is 11.5 Å². The zero-order valence-electron chi connectivity index (χ0n) is 16.5. The van der Waals surface area contributed by atoms with Gasteiger partial charge in [-0.05, 0) is 44.2 Å². The number of methoxy groups -OCH3 is 1. The minimum Gasteiger partial charge on any atom is -0.504 e. The average molecular weight is 394 g/mol. The molecule has 3 heterocycles. The van der Waals surface area contributed by atoms with Gasteiger partial charge in [-0.25, -0.2) is 0 Å². The highest BCUT2D eigenvalue weighted by Gasteiger charge is 2.43. The Morgan fingerprint density at radius 3 is 2.83 bits per heavy atom. The Kier molecular flexibility index (Phi) is 3.81. The van der Waals surface area contributed by atoms with Crippen molar-refractivity contribution in [3.63, 3.8) is 0 Å². The Morgan fingerprint density at radius 1 is 1.21 bits per heavy atom. The Bertz CT molecular complexity index is 1050. The maximum Gasteiger partial charge on any atom is 0.177 e. The number of fused-ring (bicyclic) bond motifs is 6. The Balaban J connectivity index is 1.64. The molecule has 29 heavy (non-hydrogen) atoms. The summed E-state index contributed by atoms with van der Waals surface area (Å²) in [4.78, 5) is 13.6. The molecule has 5 rings (SSSR count). The third-order valence-corrected chi connectivity index (χ3v) is 5.68. The molecule has 3 aliphatic heterocycles. The molecular weight excluding hydrogens is 372 g/mol. The second-order valence-corrected chi connectivity index (χ2v) is 8.09. The number of hydrogen-bond acceptors (Lipinski definition) is 6. The first-order chi connectivity index (χ1) is 13.9. The number of ketones is 1. The van der Waals surface area contributed by atoms with E-state index in [0.29, 0.717) is 47.2 Å². The number of carbonyl (C=O) groups excluding carboxylic acids is 1. The van der Waals surface area contributed by atoms with Gasteiger partial charge in [-0.15, -0.1) is 0 Å². The van der Waals surface area contributed by atoms with E-state index in [-0.39, 0.29) is 17.6 Å². The van der Waals surface area contributed by atoms with E-state index >= 15 is 0 Å². The van der Waals surface area contributed by atoms with Gasteiger partial charge >= 0.3 is 0 Å². The fourth-order valence-corrected chi connectivity index (χ4v) is 4.26. The summed E-state index contributed by atoms with van der Waals surface area (Å²) < 4.78 is 23.5. The molecule has 0 spiro atoms. The summed E-state index contributed by atoms with van der Waals surface area (Å²) in [5.41, 5.74) is 1.58. The smallest absolute Gasteiger partial charge is 0.177 e. The average Bonchev–Trinajstić information content (AvgIpc) is 2.85. The number of carbonyl (C=O) groups is 1. The minimum atomic E-state index is -0.530. The zero-order chi connectivity index (χ0) is 20.3. The van der Waals surface area contributed by atoms with Crippen molar-refractivity contribution >= 4 is 11.9 Å². The lowest BCUT2D eigenvalue weighted by Crippen LogP contribution is -2.37. The van der Waals surface area contributed by atoms with Crippen LogP contribution in [0.1, 0.15) is 47.7 Å². The van der Waals surface area contributed by atoms with Gasteiger partial charge in [-0.1, -0.05) is 0 Å². The van der Waals surface area contributed by atoms with Crippen LogP contribution < -0.4 is 18.9 Å². The molecule has 0 unspecified atom stereocenters. The van der Waals surface area contributed by atoms with Gasteiger partial charge in [0.1, 0.15) is 29.0 Å². The van der Waals surface area contributed by atoms with E-state index in [9.17, 15) is 9.90 Å². The molecule has 0 aliphatic carbocycles. The van der Waals surface area contributed by atoms with Crippen LogP contribution in [0.3, 0.4) is 0 Å². The number of phenolic OH excluding ortho intramolecular Hbond substituents is 1. The van der Waals surface area contributed by atoms with Crippen LogP contribution in [0.25, 0.3) is 6.08 Å². The van der Waals surface area contributed by atoms with Gasteiger partial charge in [0.15, 0.2) is 17.3 Å². The molecule has 150 valence electrons. The molecule has 0 amide bonds. The molecule has 6 heteroatoms. The Labute approximate surface area is 168 Å². The number of aromatic hydroxyl groups is 1. The summed E-state index contributed by atoms with van der Waals surface area (Å²) in [5, 5.41) is 10.1. The third kappa shape index (κ3) is 2.74. The van der Waals surface area contributed by atoms with E-state index in [1.807, 2.05) is 32.1 Å². The lowest BCUT2D eigenvalue weighted by molar-refractivity contribution is 0.0758. The van der Waals surface area contributed by atoms with Crippen molar-refractivity contribution in [2.75, 3.05) is 13.7 Å². The molecule has 3 aliphatic rings. The summed E-state index contributed by atoms with van der Waals surface area (Å²) in [6, 6.07) is 6.77. The second kappa shape index (κ2) is 6.17. The van der Waals surface area contributed by atoms with Crippen molar-refractivity contribution < 1.29 is 28.8 Å². The highest BCUT2D eigenvalue weighted by Crippen LogP contribution is 2.49. The fraction of sp³-hybridized carbons (Fsp3) is 0.348. The van der Waals surface area contributed by atoms with Crippen molar-refractivity contribution in [2.24, 2.45) is 0 Å². The highest BCUT2D eigenvalue weighted by atomic mass is 16.5. The first-order valence-corrected chi connectivity index (χ1v) is 9.68. The summed E-state index contributed by atoms with van der Waals surface area (Å²) in [6.07, 6.45) is 4.11. The maximum atomic E-state index is 13.6. The third-order valence-electron chi connectivity index (χ3n) is 5.68. The zero-order valence-corrected chi connectivity index (χ0v) is 16.5. The molecule has 0 saturated heterocycles. The number of rotatable bonds is 1. The van der Waals surface area contributed by atoms with E-state index in [4.69, 9.17) is 18.9 Å². The number of benzene rings is 2. The van der Waals surface area contributed by atoms with Crippen molar-refractivity contribution in [1.29, 1.82) is 0 Å². The summed E-state index contributed by atoms with van der Waals surface area (Å²) in [7, 11) is 1.48. The molecule has 0 saturated carbocycles. The Hall–Kier alpha value is -3.15. The fourth-order valence-electron chi connectivity index (χ4n) is 4.26. The van der Waals surface area contributed by atoms with E-state index in [1.165, 1.54) is 13.2 Å². The lowest BCUT2D eigenvalue weighted by Gasteiger charge is -2.35. The topological polar surface area (TPSA) is 74.2 Å². The van der Waals surface area contributed by atoms with Crippen LogP contribution in [0.4, 0.5) is 0 Å². The number of ether oxygens (including phenoxy) is 4. The summed E-state index contributed by atoms with van der Waals surface area (Å²) in [5.74, 6) is 1.48. The largest absolute Gasteiger partial charge is 0.504 e. The Morgan fingerprint density at radius 2 is 2.03 bits per heavy atom. The van der Waals surface area contributed by atoms with Crippen molar-refractivity contribution in [3.8, 4) is 28.7 Å². The van der Waals surface area contributed by atoms with Crippen LogP contribution in [0.2, 0.25) is 0 Å². The van der Waals surface area contributed by atoms with Crippen LogP contribution in [-0.2, 0) is 0 Å². The summed E-state index contributed by atoms with van der Waals surface area (Å²) in [6.45, 7) is 4.35. The predicted octanol–water partition coefficient (Wildman–Crippen LogP) is 4.10. The van der Waals surface area contributed by atoms with Crippen LogP contribution in [0.15, 0.2) is 30.3 Å². The molecule has 6 nitrogen and oxygen atoms in total. The lowest BCUT2D eigenvalue weighted by atomic mass is 9.81. The van der Waals surface area contributed by atoms with Gasteiger partial charge < -0.3 is 24.1 Å². The molecule has 2 aromatic carbocycles. The molecule has 2 atom stereocenters. The van der Waals surface area contributed by atoms with Crippen LogP contribution in [0, 0.1) is 0 Å². The minimum absolute atomic E-state index is 0.0201. The van der Waals surface area contributed by atoms with Gasteiger partial charge in [-0.2, -0.15) is 0 Å². The van der Waals surface area contributed by atoms with Crippen molar-refractivity contribution in [1.82, 2.24) is 0 Å². The molecule has 0 aromatic heterocycles. The normalized spacial score (nSPS) is 23.2. The van der Waals surface area contributed by atoms with Gasteiger partial charge in [0, 0.05) is 18.1 Å². The molecular formula is C23H22O6. The maximum absolute atomic E-state index is 13.6. The van der Waals surface area contributed by atoms with Crippen LogP contribution >= 0.6 is 0 Å². The van der Waals surface area contributed by atoms with E-state index in [2.05, 4.69) is 0 Å². The van der Waals surface area contributed by atoms with E-state index in [0.717, 1.165) is 5.56 Å². The molecule has 0 bridgehead atoms. The number of Topliss-reactive ketones (excluding diaryl/α,β-unsaturated/α-hetero) is 1. The first kappa shape index (κ1) is 17.9. The van der Waals surface area contributed by atoms with E-state index in [1.54, 1.807) is 12.1 Å². The van der Waals surface area contributed by atoms with Crippen LogP contribution in [-0.4, -0.2) is 36.3 Å². The second-order valence-electron chi connectivity index (χ2n) is 8.09. The van der Waals surface area contributed by atoms with Gasteiger partial charge in [0.25, 0.3) is 0 Å². The van der Waals surface area contributed by atoms with Crippen LogP contribution in [0.5, 0.6) is 28.7 Å². The predicted molar refractivity (Wildman–Crippen MR) is 106 cm³/mol. The quantitative estimate of drug-likeness (QED) is 0.785. The number of hydrogen-bond donors (Lipinski definition) is 1. The molecule has 1 N–H and O–H groups in total. The molecule has 2 aromatic rings. The summed E-state index contributed by atoms with van der Waals surface area (Å²) >= 11 is 0. The van der Waals surface area contributed by atoms with Gasteiger partial charge in [-0.3, -0.25) is 4.79 Å². The standard InChI is InChI=1S/C23H22O6/c1-23(2)8-6-12-16(29-23)5-4-13-21(25)20-14-10-19(26-3)15(24)11-18(14)27-9-7-17(20)28-22(12)13/h4-6,8,10-11,17,20,24H,7,9H2,1-3H3/t17-,20+/m1/s1. The van der Waals surface area contributed by atoms with Gasteiger partial charge in [0.05, 0.1) is 30.8 Å². The van der Waals surface area contributed by atoms with Gasteiger partial charge in [0.2, 0.25) is 0 Å².